The molecule has 6 heteroatoms. The summed E-state index contributed by atoms with van der Waals surface area (Å²) in [5, 5.41) is 9.06. The van der Waals surface area contributed by atoms with Gasteiger partial charge in [-0.25, -0.2) is 4.79 Å². The highest BCUT2D eigenvalue weighted by atomic mass is 32.1. The molecule has 0 bridgehead atoms. The smallest absolute Gasteiger partial charge is 0.312 e. The van der Waals surface area contributed by atoms with Crippen LogP contribution in [0, 0.1) is 0 Å². The first kappa shape index (κ1) is 14.6. The lowest BCUT2D eigenvalue weighted by Gasteiger charge is -2.23. The van der Waals surface area contributed by atoms with Gasteiger partial charge in [0.1, 0.15) is 6.61 Å². The molecule has 1 unspecified atom stereocenters. The molecular formula is C16H17N3O2S. The molecule has 22 heavy (non-hydrogen) atoms. The zero-order valence-corrected chi connectivity index (χ0v) is 12.8. The molecule has 114 valence electrons. The van der Waals surface area contributed by atoms with Gasteiger partial charge in [0.15, 0.2) is 0 Å². The summed E-state index contributed by atoms with van der Waals surface area (Å²) in [5.41, 5.74) is 8.31. The molecule has 1 aliphatic carbocycles. The number of nitrogens with two attached hydrogens (primary N) is 1. The Bertz CT molecular complexity index is 682. The van der Waals surface area contributed by atoms with Crippen LogP contribution in [-0.2, 0) is 11.4 Å². The Morgan fingerprint density at radius 1 is 1.36 bits per heavy atom. The molecule has 2 aromatic rings. The van der Waals surface area contributed by atoms with E-state index in [1.54, 1.807) is 11.3 Å². The van der Waals surface area contributed by atoms with Crippen LogP contribution in [0.2, 0.25) is 0 Å². The van der Waals surface area contributed by atoms with E-state index in [2.05, 4.69) is 10.5 Å². The van der Waals surface area contributed by atoms with Crippen molar-refractivity contribution in [1.82, 2.24) is 5.32 Å². The number of oxime groups is 1. The molecule has 1 atom stereocenters. The van der Waals surface area contributed by atoms with Crippen LogP contribution >= 0.6 is 11.3 Å². The first-order valence-electron chi connectivity index (χ1n) is 7.10. The molecule has 0 radical (unpaired) electrons. The van der Waals surface area contributed by atoms with Crippen LogP contribution in [0.15, 0.2) is 46.9 Å². The number of benzene rings is 1. The van der Waals surface area contributed by atoms with Crippen LogP contribution in [0.3, 0.4) is 0 Å². The van der Waals surface area contributed by atoms with E-state index >= 15 is 0 Å². The minimum absolute atomic E-state index is 0.0353. The van der Waals surface area contributed by atoms with Crippen LogP contribution in [0.1, 0.15) is 34.9 Å². The minimum Gasteiger partial charge on any atom is -0.391 e. The highest BCUT2D eigenvalue weighted by Gasteiger charge is 2.26. The lowest BCUT2D eigenvalue weighted by Crippen LogP contribution is -2.35. The molecule has 5 nitrogen and oxygen atoms in total. The minimum atomic E-state index is -0.497. The van der Waals surface area contributed by atoms with Gasteiger partial charge in [-0.15, -0.1) is 11.3 Å². The van der Waals surface area contributed by atoms with E-state index in [9.17, 15) is 4.79 Å². The van der Waals surface area contributed by atoms with Crippen molar-refractivity contribution in [2.75, 3.05) is 0 Å². The number of amides is 2. The van der Waals surface area contributed by atoms with Gasteiger partial charge in [0.25, 0.3) is 0 Å². The number of primary amides is 1. The van der Waals surface area contributed by atoms with Crippen molar-refractivity contribution in [3.63, 3.8) is 0 Å². The van der Waals surface area contributed by atoms with Crippen molar-refractivity contribution in [1.29, 1.82) is 0 Å². The second-order valence-electron chi connectivity index (χ2n) is 5.10. The molecule has 0 saturated carbocycles. The van der Waals surface area contributed by atoms with Crippen molar-refractivity contribution in [3.05, 3.63) is 57.8 Å². The quantitative estimate of drug-likeness (QED) is 0.850. The SMILES string of the molecule is NC(=O)NC1CC/C(=N\OCc2ccccc2)c2sccc21. The molecule has 0 aliphatic heterocycles. The second-order valence-corrected chi connectivity index (χ2v) is 6.02. The number of hydrogen-bond donors (Lipinski definition) is 2. The lowest BCUT2D eigenvalue weighted by atomic mass is 9.93. The second kappa shape index (κ2) is 6.62. The normalized spacial score (nSPS) is 18.7. The van der Waals surface area contributed by atoms with Gasteiger partial charge in [0.2, 0.25) is 0 Å². The number of carbonyl (C=O) groups is 1. The first-order chi connectivity index (χ1) is 10.7. The summed E-state index contributed by atoms with van der Waals surface area (Å²) in [6.45, 7) is 0.452. The van der Waals surface area contributed by atoms with Gasteiger partial charge < -0.3 is 15.9 Å². The predicted octanol–water partition coefficient (Wildman–Crippen LogP) is 3.17. The third kappa shape index (κ3) is 3.28. The van der Waals surface area contributed by atoms with Gasteiger partial charge in [0.05, 0.1) is 16.6 Å². The van der Waals surface area contributed by atoms with Gasteiger partial charge in [-0.3, -0.25) is 0 Å². The lowest BCUT2D eigenvalue weighted by molar-refractivity contribution is 0.130. The van der Waals surface area contributed by atoms with Crippen molar-refractivity contribution in [2.45, 2.75) is 25.5 Å². The van der Waals surface area contributed by atoms with Crippen molar-refractivity contribution in [2.24, 2.45) is 10.9 Å². The Balaban J connectivity index is 1.70. The average Bonchev–Trinajstić information content (AvgIpc) is 3.00. The van der Waals surface area contributed by atoms with E-state index in [4.69, 9.17) is 10.6 Å². The zero-order valence-electron chi connectivity index (χ0n) is 12.0. The summed E-state index contributed by atoms with van der Waals surface area (Å²) in [4.78, 5) is 17.6. The standard InChI is InChI=1S/C16H17N3O2S/c17-16(20)18-13-6-7-14(15-12(13)8-9-22-15)19-21-10-11-4-2-1-3-5-11/h1-5,8-9,13H,6-7,10H2,(H3,17,18,20)/b19-14+. The fraction of sp³-hybridized carbons (Fsp3) is 0.250. The molecule has 1 aliphatic rings. The number of nitrogens with zero attached hydrogens (tertiary/aromatic N) is 1. The Morgan fingerprint density at radius 2 is 2.18 bits per heavy atom. The Kier molecular flexibility index (Phi) is 4.39. The number of rotatable bonds is 4. The number of urea groups is 1. The van der Waals surface area contributed by atoms with E-state index in [1.165, 1.54) is 0 Å². The third-order valence-electron chi connectivity index (χ3n) is 3.57. The molecule has 1 aromatic carbocycles. The van der Waals surface area contributed by atoms with Crippen LogP contribution < -0.4 is 11.1 Å². The van der Waals surface area contributed by atoms with Gasteiger partial charge in [-0.05, 0) is 35.4 Å². The van der Waals surface area contributed by atoms with E-state index in [0.29, 0.717) is 6.61 Å². The maximum Gasteiger partial charge on any atom is 0.312 e. The number of thiophene rings is 1. The summed E-state index contributed by atoms with van der Waals surface area (Å²) in [6.07, 6.45) is 1.54. The summed E-state index contributed by atoms with van der Waals surface area (Å²) in [6, 6.07) is 11.4. The molecule has 3 rings (SSSR count). The maximum atomic E-state index is 11.1. The molecular weight excluding hydrogens is 298 g/mol. The first-order valence-corrected chi connectivity index (χ1v) is 7.98. The molecule has 3 N–H and O–H groups in total. The Morgan fingerprint density at radius 3 is 2.95 bits per heavy atom. The molecule has 1 heterocycles. The highest BCUT2D eigenvalue weighted by molar-refractivity contribution is 7.12. The van der Waals surface area contributed by atoms with Gasteiger partial charge in [-0.2, -0.15) is 0 Å². The van der Waals surface area contributed by atoms with Crippen molar-refractivity contribution < 1.29 is 9.63 Å². The highest BCUT2D eigenvalue weighted by Crippen LogP contribution is 2.33. The molecule has 0 spiro atoms. The molecule has 2 amide bonds. The largest absolute Gasteiger partial charge is 0.391 e. The average molecular weight is 315 g/mol. The Hall–Kier alpha value is -2.34. The number of hydrogen-bond acceptors (Lipinski definition) is 4. The summed E-state index contributed by atoms with van der Waals surface area (Å²) >= 11 is 1.61. The number of carbonyl (C=O) groups excluding carboxylic acids is 1. The van der Waals surface area contributed by atoms with Crippen molar-refractivity contribution in [3.8, 4) is 0 Å². The van der Waals surface area contributed by atoms with E-state index < -0.39 is 6.03 Å². The summed E-state index contributed by atoms with van der Waals surface area (Å²) in [7, 11) is 0. The van der Waals surface area contributed by atoms with Crippen LogP contribution in [-0.4, -0.2) is 11.7 Å². The van der Waals surface area contributed by atoms with Gasteiger partial charge in [0, 0.05) is 0 Å². The predicted molar refractivity (Wildman–Crippen MR) is 86.8 cm³/mol. The van der Waals surface area contributed by atoms with Crippen LogP contribution in [0.25, 0.3) is 0 Å². The summed E-state index contributed by atoms with van der Waals surface area (Å²) in [5.74, 6) is 0. The van der Waals surface area contributed by atoms with Crippen LogP contribution in [0.4, 0.5) is 4.79 Å². The molecule has 0 fully saturated rings. The van der Waals surface area contributed by atoms with E-state index in [0.717, 1.165) is 34.6 Å². The van der Waals surface area contributed by atoms with Crippen molar-refractivity contribution >= 4 is 23.1 Å². The van der Waals surface area contributed by atoms with E-state index in [-0.39, 0.29) is 6.04 Å². The monoisotopic (exact) mass is 315 g/mol. The van der Waals surface area contributed by atoms with Gasteiger partial charge in [-0.1, -0.05) is 35.5 Å². The maximum absolute atomic E-state index is 11.1. The third-order valence-corrected chi connectivity index (χ3v) is 4.55. The number of nitrogens with one attached hydrogen (secondary N) is 1. The molecule has 1 aromatic heterocycles. The topological polar surface area (TPSA) is 76.7 Å². The number of fused-ring (bicyclic) bond motifs is 1. The Labute approximate surface area is 132 Å². The van der Waals surface area contributed by atoms with E-state index in [1.807, 2.05) is 41.8 Å². The fourth-order valence-corrected chi connectivity index (χ4v) is 3.52. The van der Waals surface area contributed by atoms with Gasteiger partial charge >= 0.3 is 6.03 Å². The summed E-state index contributed by atoms with van der Waals surface area (Å²) < 4.78 is 0. The van der Waals surface area contributed by atoms with Crippen LogP contribution in [0.5, 0.6) is 0 Å². The fourth-order valence-electron chi connectivity index (χ4n) is 2.55. The molecule has 0 saturated heterocycles. The zero-order chi connectivity index (χ0) is 15.4.